The number of carbonyl (C=O) groups is 2. The predicted octanol–water partition coefficient (Wildman–Crippen LogP) is 2.56. The average Bonchev–Trinajstić information content (AvgIpc) is 3.10. The Balaban J connectivity index is 1.75. The van der Waals surface area contributed by atoms with Gasteiger partial charge in [-0.1, -0.05) is 35.9 Å². The molecule has 6 heteroatoms. The summed E-state index contributed by atoms with van der Waals surface area (Å²) in [6.07, 6.45) is -0.194. The highest BCUT2D eigenvalue weighted by Crippen LogP contribution is 2.17. The van der Waals surface area contributed by atoms with Crippen LogP contribution < -0.4 is 0 Å². The summed E-state index contributed by atoms with van der Waals surface area (Å²) in [7, 11) is 1.62. The molecule has 0 spiro atoms. The van der Waals surface area contributed by atoms with Crippen LogP contribution in [0.1, 0.15) is 20.8 Å². The molecule has 1 saturated heterocycles. The van der Waals surface area contributed by atoms with Gasteiger partial charge in [0.25, 0.3) is 5.91 Å². The van der Waals surface area contributed by atoms with E-state index in [1.807, 2.05) is 42.6 Å². The number of aryl methyl sites for hydroxylation is 1. The van der Waals surface area contributed by atoms with Crippen molar-refractivity contribution >= 4 is 23.2 Å². The van der Waals surface area contributed by atoms with E-state index in [-0.39, 0.29) is 24.5 Å². The third kappa shape index (κ3) is 4.27. The fourth-order valence-electron chi connectivity index (χ4n) is 2.91. The lowest BCUT2D eigenvalue weighted by molar-refractivity contribution is -0.132. The summed E-state index contributed by atoms with van der Waals surface area (Å²) in [5.41, 5.74) is 2.26. The number of amides is 2. The number of benzene rings is 1. The number of thiophene rings is 1. The summed E-state index contributed by atoms with van der Waals surface area (Å²) < 4.78 is 5.52. The van der Waals surface area contributed by atoms with Gasteiger partial charge in [-0.05, 0) is 23.9 Å². The Hall–Kier alpha value is -2.18. The van der Waals surface area contributed by atoms with Gasteiger partial charge >= 0.3 is 0 Å². The molecule has 1 aromatic carbocycles. The molecule has 0 saturated carbocycles. The monoisotopic (exact) mass is 358 g/mol. The number of methoxy groups -OCH3 is 1. The molecule has 0 radical (unpaired) electrons. The quantitative estimate of drug-likeness (QED) is 0.844. The first kappa shape index (κ1) is 17.6. The zero-order chi connectivity index (χ0) is 17.8. The van der Waals surface area contributed by atoms with Gasteiger partial charge in [0.1, 0.15) is 6.54 Å². The molecule has 1 aliphatic rings. The van der Waals surface area contributed by atoms with Crippen LogP contribution >= 0.6 is 11.3 Å². The second-order valence-electron chi connectivity index (χ2n) is 6.28. The van der Waals surface area contributed by atoms with Gasteiger partial charge in [-0.3, -0.25) is 9.59 Å². The Morgan fingerprint density at radius 1 is 1.24 bits per heavy atom. The van der Waals surface area contributed by atoms with Gasteiger partial charge in [-0.2, -0.15) is 0 Å². The lowest BCUT2D eigenvalue weighted by Gasteiger charge is -2.23. The number of hydrogen-bond acceptors (Lipinski definition) is 4. The maximum atomic E-state index is 12.7. The van der Waals surface area contributed by atoms with Crippen LogP contribution in [-0.2, 0) is 16.1 Å². The molecule has 0 N–H and O–H groups in total. The number of carbonyl (C=O) groups excluding carboxylic acids is 2. The van der Waals surface area contributed by atoms with Gasteiger partial charge < -0.3 is 14.5 Å². The number of rotatable bonds is 4. The van der Waals surface area contributed by atoms with Crippen LogP contribution in [0.3, 0.4) is 0 Å². The standard InChI is InChI=1S/C19H22N2O3S/c1-14-5-7-15(8-6-14)10-20-11-16(24-2)12-21(13-18(20)22)19(23)17-4-3-9-25-17/h3-9,16H,10-13H2,1-2H3. The van der Waals surface area contributed by atoms with Crippen LogP contribution in [0.2, 0.25) is 0 Å². The average molecular weight is 358 g/mol. The minimum absolute atomic E-state index is 0.0509. The highest BCUT2D eigenvalue weighted by Gasteiger charge is 2.31. The Morgan fingerprint density at radius 3 is 2.64 bits per heavy atom. The third-order valence-corrected chi connectivity index (χ3v) is 5.23. The molecule has 3 rings (SSSR count). The second kappa shape index (κ2) is 7.80. The molecule has 2 amide bonds. The van der Waals surface area contributed by atoms with Gasteiger partial charge in [-0.25, -0.2) is 0 Å². The Bertz CT molecular complexity index is 728. The van der Waals surface area contributed by atoms with E-state index >= 15 is 0 Å². The molecule has 1 fully saturated rings. The molecule has 1 aliphatic heterocycles. The van der Waals surface area contributed by atoms with E-state index in [4.69, 9.17) is 4.74 Å². The van der Waals surface area contributed by atoms with Crippen molar-refractivity contribution in [2.75, 3.05) is 26.7 Å². The zero-order valence-corrected chi connectivity index (χ0v) is 15.3. The summed E-state index contributed by atoms with van der Waals surface area (Å²) >= 11 is 1.39. The highest BCUT2D eigenvalue weighted by molar-refractivity contribution is 7.12. The van der Waals surface area contributed by atoms with Crippen molar-refractivity contribution in [3.8, 4) is 0 Å². The molecule has 1 aromatic heterocycles. The Kier molecular flexibility index (Phi) is 5.50. The molecular weight excluding hydrogens is 336 g/mol. The lowest BCUT2D eigenvalue weighted by Crippen LogP contribution is -2.39. The van der Waals surface area contributed by atoms with Crippen LogP contribution in [-0.4, -0.2) is 54.5 Å². The topological polar surface area (TPSA) is 49.9 Å². The van der Waals surface area contributed by atoms with Crippen LogP contribution in [0.5, 0.6) is 0 Å². The van der Waals surface area contributed by atoms with E-state index < -0.39 is 0 Å². The summed E-state index contributed by atoms with van der Waals surface area (Å²) in [5.74, 6) is -0.160. The first-order chi connectivity index (χ1) is 12.1. The first-order valence-electron chi connectivity index (χ1n) is 8.25. The molecular formula is C19H22N2O3S. The molecule has 0 bridgehead atoms. The normalized spacial score (nSPS) is 18.3. The summed E-state index contributed by atoms with van der Waals surface area (Å²) in [4.78, 5) is 29.4. The molecule has 0 aliphatic carbocycles. The van der Waals surface area contributed by atoms with Crippen LogP contribution in [0.25, 0.3) is 0 Å². The van der Waals surface area contributed by atoms with E-state index in [2.05, 4.69) is 0 Å². The zero-order valence-electron chi connectivity index (χ0n) is 14.5. The minimum Gasteiger partial charge on any atom is -0.378 e. The van der Waals surface area contributed by atoms with Gasteiger partial charge in [0.05, 0.1) is 11.0 Å². The van der Waals surface area contributed by atoms with Crippen LogP contribution in [0, 0.1) is 6.92 Å². The predicted molar refractivity (Wildman–Crippen MR) is 97.6 cm³/mol. The lowest BCUT2D eigenvalue weighted by atomic mass is 10.1. The van der Waals surface area contributed by atoms with Crippen LogP contribution in [0.15, 0.2) is 41.8 Å². The first-order valence-corrected chi connectivity index (χ1v) is 9.13. The number of nitrogens with zero attached hydrogens (tertiary/aromatic N) is 2. The van der Waals surface area contributed by atoms with E-state index in [0.29, 0.717) is 24.5 Å². The maximum Gasteiger partial charge on any atom is 0.264 e. The molecule has 1 atom stereocenters. The van der Waals surface area contributed by atoms with Crippen molar-refractivity contribution in [1.82, 2.24) is 9.80 Å². The van der Waals surface area contributed by atoms with E-state index in [9.17, 15) is 9.59 Å². The summed E-state index contributed by atoms with van der Waals surface area (Å²) in [6.45, 7) is 3.55. The van der Waals surface area contributed by atoms with E-state index in [1.54, 1.807) is 23.0 Å². The number of hydrogen-bond donors (Lipinski definition) is 0. The smallest absolute Gasteiger partial charge is 0.264 e. The third-order valence-electron chi connectivity index (χ3n) is 4.37. The van der Waals surface area contributed by atoms with E-state index in [1.165, 1.54) is 16.9 Å². The highest BCUT2D eigenvalue weighted by atomic mass is 32.1. The molecule has 1 unspecified atom stereocenters. The summed E-state index contributed by atoms with van der Waals surface area (Å²) in [5, 5.41) is 1.87. The van der Waals surface area contributed by atoms with E-state index in [0.717, 1.165) is 5.56 Å². The van der Waals surface area contributed by atoms with Crippen molar-refractivity contribution in [3.05, 3.63) is 57.8 Å². The molecule has 132 valence electrons. The van der Waals surface area contributed by atoms with Crippen LogP contribution in [0.4, 0.5) is 0 Å². The maximum absolute atomic E-state index is 12.7. The molecule has 2 heterocycles. The largest absolute Gasteiger partial charge is 0.378 e. The fraction of sp³-hybridized carbons (Fsp3) is 0.368. The van der Waals surface area contributed by atoms with Gasteiger partial charge in [0, 0.05) is 26.7 Å². The summed E-state index contributed by atoms with van der Waals surface area (Å²) in [6, 6.07) is 11.8. The number of ether oxygens (including phenoxy) is 1. The van der Waals surface area contributed by atoms with Crippen molar-refractivity contribution in [1.29, 1.82) is 0 Å². The van der Waals surface area contributed by atoms with Crippen molar-refractivity contribution in [2.24, 2.45) is 0 Å². The van der Waals surface area contributed by atoms with Gasteiger partial charge in [-0.15, -0.1) is 11.3 Å². The van der Waals surface area contributed by atoms with Crippen molar-refractivity contribution in [2.45, 2.75) is 19.6 Å². The minimum atomic E-state index is -0.194. The van der Waals surface area contributed by atoms with Crippen molar-refractivity contribution in [3.63, 3.8) is 0 Å². The van der Waals surface area contributed by atoms with Gasteiger partial charge in [0.15, 0.2) is 0 Å². The molecule has 5 nitrogen and oxygen atoms in total. The van der Waals surface area contributed by atoms with Gasteiger partial charge in [0.2, 0.25) is 5.91 Å². The van der Waals surface area contributed by atoms with Crippen molar-refractivity contribution < 1.29 is 14.3 Å². The Morgan fingerprint density at radius 2 is 2.00 bits per heavy atom. The molecule has 2 aromatic rings. The second-order valence-corrected chi connectivity index (χ2v) is 7.23. The molecule has 25 heavy (non-hydrogen) atoms. The SMILES string of the molecule is COC1CN(Cc2ccc(C)cc2)C(=O)CN(C(=O)c2cccs2)C1. The Labute approximate surface area is 151 Å². The fourth-order valence-corrected chi connectivity index (χ4v) is 3.60.